The number of aromatic amines is 1. The molecule has 0 unspecified atom stereocenters. The van der Waals surface area contributed by atoms with Crippen molar-refractivity contribution in [3.8, 4) is 33.8 Å². The summed E-state index contributed by atoms with van der Waals surface area (Å²) in [7, 11) is 0. The molecule has 0 spiro atoms. The van der Waals surface area contributed by atoms with E-state index >= 15 is 0 Å². The van der Waals surface area contributed by atoms with E-state index in [-0.39, 0.29) is 5.28 Å². The fourth-order valence-electron chi connectivity index (χ4n) is 4.76. The quantitative estimate of drug-likeness (QED) is 0.129. The molecule has 4 heterocycles. The van der Waals surface area contributed by atoms with Crippen LogP contribution in [0.5, 0.6) is 0 Å². The predicted octanol–water partition coefficient (Wildman–Crippen LogP) is 6.40. The highest BCUT2D eigenvalue weighted by Gasteiger charge is 2.31. The molecule has 5 N–H and O–H groups in total. The molecule has 4 aromatic heterocycles. The Labute approximate surface area is 231 Å². The molecule has 0 saturated carbocycles. The number of alkyl halides is 3. The molecule has 0 aliphatic rings. The molecule has 40 heavy (non-hydrogen) atoms. The number of nitrogens with zero attached hydrogens (tertiary/aromatic N) is 5. The number of hydrazine groups is 1. The largest absolute Gasteiger partial charge is 0.416 e. The summed E-state index contributed by atoms with van der Waals surface area (Å²) >= 11 is 6.28. The Morgan fingerprint density at radius 2 is 1.52 bits per heavy atom. The Hall–Kier alpha value is -4.45. The number of fused-ring (bicyclic) bond motifs is 2. The van der Waals surface area contributed by atoms with Gasteiger partial charge in [-0.15, -0.1) is 0 Å². The van der Waals surface area contributed by atoms with Crippen molar-refractivity contribution in [1.82, 2.24) is 29.9 Å². The van der Waals surface area contributed by atoms with Gasteiger partial charge in [-0.2, -0.15) is 13.2 Å². The molecule has 202 valence electrons. The maximum atomic E-state index is 13.5. The minimum Gasteiger partial charge on any atom is -0.346 e. The smallest absolute Gasteiger partial charge is 0.346 e. The number of halogens is 4. The molecule has 0 bridgehead atoms. The van der Waals surface area contributed by atoms with E-state index in [4.69, 9.17) is 11.6 Å². The highest BCUT2D eigenvalue weighted by Crippen LogP contribution is 2.41. The first-order valence-electron chi connectivity index (χ1n) is 11.9. The monoisotopic (exact) mass is 562 g/mol. The standard InChI is InChI=1S/C28H18ClF3N6.H4N2/c1-14-3-5-16(28(30,31)32)11-20(14)23-18-6-4-15(2)22(17(18)7-9-33-23)25-21(12-35-27(29)38-25)24-19-8-10-34-26(19)37-13-36-24;1-2/h3-13H,1-2H3,(H,34,36,37);1-2H2. The van der Waals surface area contributed by atoms with Crippen molar-refractivity contribution >= 4 is 33.4 Å². The van der Waals surface area contributed by atoms with E-state index in [1.807, 2.05) is 31.2 Å². The Kier molecular flexibility index (Phi) is 7.19. The van der Waals surface area contributed by atoms with Gasteiger partial charge in [0, 0.05) is 46.1 Å². The van der Waals surface area contributed by atoms with Gasteiger partial charge >= 0.3 is 6.18 Å². The summed E-state index contributed by atoms with van der Waals surface area (Å²) in [5.74, 6) is 8.00. The molecule has 0 fully saturated rings. The third-order valence-corrected chi connectivity index (χ3v) is 6.76. The molecule has 6 rings (SSSR count). The Morgan fingerprint density at radius 1 is 0.775 bits per heavy atom. The zero-order chi connectivity index (χ0) is 28.6. The van der Waals surface area contributed by atoms with Crippen LogP contribution in [0.2, 0.25) is 5.28 Å². The van der Waals surface area contributed by atoms with Crippen LogP contribution in [-0.2, 0) is 6.18 Å². The van der Waals surface area contributed by atoms with Crippen LogP contribution in [-0.4, -0.2) is 29.9 Å². The van der Waals surface area contributed by atoms with Crippen molar-refractivity contribution in [2.45, 2.75) is 20.0 Å². The number of hydrogen-bond donors (Lipinski definition) is 3. The van der Waals surface area contributed by atoms with Crippen molar-refractivity contribution in [2.75, 3.05) is 0 Å². The summed E-state index contributed by atoms with van der Waals surface area (Å²) in [4.78, 5) is 25.2. The molecule has 0 aliphatic heterocycles. The number of aryl methyl sites for hydroxylation is 2. The number of pyridine rings is 1. The lowest BCUT2D eigenvalue weighted by Crippen LogP contribution is -2.05. The summed E-state index contributed by atoms with van der Waals surface area (Å²) < 4.78 is 40.6. The first-order chi connectivity index (χ1) is 19.2. The normalized spacial score (nSPS) is 11.5. The molecule has 0 amide bonds. The zero-order valence-corrected chi connectivity index (χ0v) is 22.0. The minimum atomic E-state index is -4.47. The van der Waals surface area contributed by atoms with Gasteiger partial charge in [-0.05, 0) is 66.2 Å². The molecule has 0 radical (unpaired) electrons. The zero-order valence-electron chi connectivity index (χ0n) is 21.3. The lowest BCUT2D eigenvalue weighted by Gasteiger charge is -2.17. The summed E-state index contributed by atoms with van der Waals surface area (Å²) in [5, 5.41) is 2.30. The number of H-pyrrole nitrogens is 1. The molecular weight excluding hydrogens is 541 g/mol. The van der Waals surface area contributed by atoms with E-state index in [9.17, 15) is 13.2 Å². The average molecular weight is 563 g/mol. The van der Waals surface area contributed by atoms with Crippen molar-refractivity contribution in [3.63, 3.8) is 0 Å². The third kappa shape index (κ3) is 4.75. The summed E-state index contributed by atoms with van der Waals surface area (Å²) in [6.45, 7) is 3.71. The molecule has 0 atom stereocenters. The molecule has 8 nitrogen and oxygen atoms in total. The maximum absolute atomic E-state index is 13.5. The molecular formula is C28H22ClF3N8. The van der Waals surface area contributed by atoms with E-state index < -0.39 is 11.7 Å². The van der Waals surface area contributed by atoms with Crippen LogP contribution in [0.3, 0.4) is 0 Å². The topological polar surface area (TPSA) is 132 Å². The van der Waals surface area contributed by atoms with Gasteiger partial charge in [-0.3, -0.25) is 16.7 Å². The number of aromatic nitrogens is 6. The highest BCUT2D eigenvalue weighted by atomic mass is 35.5. The number of nitrogens with two attached hydrogens (primary N) is 2. The molecule has 2 aromatic carbocycles. The van der Waals surface area contributed by atoms with Gasteiger partial charge in [0.25, 0.3) is 0 Å². The molecule has 12 heteroatoms. The van der Waals surface area contributed by atoms with Gasteiger partial charge in [0.15, 0.2) is 0 Å². The lowest BCUT2D eigenvalue weighted by molar-refractivity contribution is -0.137. The molecule has 0 aliphatic carbocycles. The van der Waals surface area contributed by atoms with Crippen LogP contribution in [0.15, 0.2) is 67.4 Å². The average Bonchev–Trinajstić information content (AvgIpc) is 3.43. The van der Waals surface area contributed by atoms with Crippen molar-refractivity contribution in [2.24, 2.45) is 11.7 Å². The van der Waals surface area contributed by atoms with Gasteiger partial charge in [0.1, 0.15) is 12.0 Å². The van der Waals surface area contributed by atoms with E-state index in [1.54, 1.807) is 25.5 Å². The second-order valence-electron chi connectivity index (χ2n) is 8.90. The maximum Gasteiger partial charge on any atom is 0.416 e. The minimum absolute atomic E-state index is 0.0579. The summed E-state index contributed by atoms with van der Waals surface area (Å²) in [6, 6.07) is 11.2. The third-order valence-electron chi connectivity index (χ3n) is 6.58. The van der Waals surface area contributed by atoms with Crippen LogP contribution >= 0.6 is 11.6 Å². The lowest BCUT2D eigenvalue weighted by atomic mass is 9.91. The molecule has 6 aromatic rings. The first-order valence-corrected chi connectivity index (χ1v) is 12.3. The van der Waals surface area contributed by atoms with Gasteiger partial charge in [-0.1, -0.05) is 18.2 Å². The molecule has 0 saturated heterocycles. The first kappa shape index (κ1) is 27.1. The van der Waals surface area contributed by atoms with Gasteiger partial charge in [0.2, 0.25) is 5.28 Å². The SMILES string of the molecule is Cc1ccc(C(F)(F)F)cc1-c1nccc2c(-c3nc(Cl)ncc3-c3ncnc4[nH]ccc34)c(C)ccc12.NN. The van der Waals surface area contributed by atoms with E-state index in [1.165, 1.54) is 12.4 Å². The van der Waals surface area contributed by atoms with Gasteiger partial charge in [0.05, 0.1) is 22.6 Å². The van der Waals surface area contributed by atoms with Crippen LogP contribution in [0.1, 0.15) is 16.7 Å². The second-order valence-corrected chi connectivity index (χ2v) is 9.24. The fourth-order valence-corrected chi connectivity index (χ4v) is 4.89. The highest BCUT2D eigenvalue weighted by molar-refractivity contribution is 6.28. The number of benzene rings is 2. The van der Waals surface area contributed by atoms with E-state index in [0.29, 0.717) is 44.8 Å². The number of hydrogen-bond acceptors (Lipinski definition) is 7. The predicted molar refractivity (Wildman–Crippen MR) is 149 cm³/mol. The van der Waals surface area contributed by atoms with Crippen molar-refractivity contribution in [1.29, 1.82) is 0 Å². The summed E-state index contributed by atoms with van der Waals surface area (Å²) in [5.41, 5.74) is 4.95. The second kappa shape index (κ2) is 10.6. The number of nitrogens with one attached hydrogen (secondary N) is 1. The van der Waals surface area contributed by atoms with Crippen LogP contribution in [0.4, 0.5) is 13.2 Å². The van der Waals surface area contributed by atoms with Crippen LogP contribution < -0.4 is 11.7 Å². The van der Waals surface area contributed by atoms with Crippen LogP contribution in [0, 0.1) is 13.8 Å². The summed E-state index contributed by atoms with van der Waals surface area (Å²) in [6.07, 6.45) is 1.98. The van der Waals surface area contributed by atoms with E-state index in [0.717, 1.165) is 34.0 Å². The van der Waals surface area contributed by atoms with Crippen molar-refractivity contribution < 1.29 is 13.2 Å². The van der Waals surface area contributed by atoms with E-state index in [2.05, 4.69) is 41.6 Å². The Morgan fingerprint density at radius 3 is 2.30 bits per heavy atom. The fraction of sp³-hybridized carbons (Fsp3) is 0.107. The van der Waals surface area contributed by atoms with Crippen molar-refractivity contribution in [3.05, 3.63) is 89.4 Å². The van der Waals surface area contributed by atoms with Crippen LogP contribution in [0.25, 0.3) is 55.6 Å². The van der Waals surface area contributed by atoms with Gasteiger partial charge < -0.3 is 4.98 Å². The number of rotatable bonds is 3. The Bertz CT molecular complexity index is 1870. The Balaban J connectivity index is 0.00000158. The van der Waals surface area contributed by atoms with Gasteiger partial charge in [-0.25, -0.2) is 19.9 Å².